The van der Waals surface area contributed by atoms with E-state index in [0.717, 1.165) is 38.1 Å². The third-order valence-electron chi connectivity index (χ3n) is 3.30. The molecule has 1 aliphatic rings. The van der Waals surface area contributed by atoms with Crippen LogP contribution in [0, 0.1) is 0 Å². The van der Waals surface area contributed by atoms with E-state index in [9.17, 15) is 0 Å². The minimum absolute atomic E-state index is 0.0114. The quantitative estimate of drug-likeness (QED) is 0.706. The Hall–Kier alpha value is -1.40. The van der Waals surface area contributed by atoms with Gasteiger partial charge in [-0.2, -0.15) is 4.98 Å². The largest absolute Gasteiger partial charge is 0.478 e. The fourth-order valence-electron chi connectivity index (χ4n) is 2.13. The Labute approximate surface area is 126 Å². The monoisotopic (exact) mass is 295 g/mol. The van der Waals surface area contributed by atoms with Gasteiger partial charge in [0.1, 0.15) is 11.9 Å². The summed E-state index contributed by atoms with van der Waals surface area (Å²) in [5, 5.41) is 3.23. The van der Waals surface area contributed by atoms with Crippen molar-refractivity contribution in [1.29, 1.82) is 0 Å². The molecule has 1 aromatic heterocycles. The molecule has 6 heteroatoms. The van der Waals surface area contributed by atoms with Crippen molar-refractivity contribution in [2.24, 2.45) is 0 Å². The first-order valence-electron chi connectivity index (χ1n) is 7.69. The average molecular weight is 295 g/mol. The van der Waals surface area contributed by atoms with E-state index in [4.69, 9.17) is 14.2 Å². The minimum Gasteiger partial charge on any atom is -0.478 e. The number of ether oxygens (including phenoxy) is 3. The first-order valence-corrected chi connectivity index (χ1v) is 7.69. The number of hydrogen-bond donors (Lipinski definition) is 1. The highest BCUT2D eigenvalue weighted by atomic mass is 16.5. The van der Waals surface area contributed by atoms with Crippen molar-refractivity contribution in [1.82, 2.24) is 9.97 Å². The summed E-state index contributed by atoms with van der Waals surface area (Å²) in [7, 11) is 1.68. The number of nitrogens with zero attached hydrogens (tertiary/aromatic N) is 2. The fraction of sp³-hybridized carbons (Fsp3) is 0.733. The smallest absolute Gasteiger partial charge is 0.218 e. The Morgan fingerprint density at radius 2 is 2.29 bits per heavy atom. The van der Waals surface area contributed by atoms with Gasteiger partial charge in [-0.05, 0) is 19.3 Å². The topological polar surface area (TPSA) is 65.5 Å². The zero-order valence-electron chi connectivity index (χ0n) is 12.9. The summed E-state index contributed by atoms with van der Waals surface area (Å²) in [5.74, 6) is 2.09. The highest BCUT2D eigenvalue weighted by Crippen LogP contribution is 2.28. The molecule has 1 aliphatic heterocycles. The summed E-state index contributed by atoms with van der Waals surface area (Å²) in [5.41, 5.74) is 0. The summed E-state index contributed by atoms with van der Waals surface area (Å²) >= 11 is 0. The Morgan fingerprint density at radius 1 is 1.38 bits per heavy atom. The lowest BCUT2D eigenvalue weighted by Crippen LogP contribution is -2.12. The van der Waals surface area contributed by atoms with Gasteiger partial charge in [-0.1, -0.05) is 13.3 Å². The molecule has 0 saturated carbocycles. The van der Waals surface area contributed by atoms with Gasteiger partial charge in [0.15, 0.2) is 5.82 Å². The second-order valence-corrected chi connectivity index (χ2v) is 5.07. The predicted octanol–water partition coefficient (Wildman–Crippen LogP) is 2.57. The molecule has 2 rings (SSSR count). The Bertz CT molecular complexity index is 394. The lowest BCUT2D eigenvalue weighted by molar-refractivity contribution is 0.104. The van der Waals surface area contributed by atoms with Crippen molar-refractivity contribution in [3.63, 3.8) is 0 Å². The van der Waals surface area contributed by atoms with E-state index in [-0.39, 0.29) is 6.10 Å². The van der Waals surface area contributed by atoms with Gasteiger partial charge in [0, 0.05) is 26.3 Å². The molecule has 1 saturated heterocycles. The lowest BCUT2D eigenvalue weighted by Gasteiger charge is -2.13. The third kappa shape index (κ3) is 5.13. The van der Waals surface area contributed by atoms with Crippen LogP contribution in [0.5, 0.6) is 5.88 Å². The van der Waals surface area contributed by atoms with Crippen molar-refractivity contribution in [3.8, 4) is 5.88 Å². The van der Waals surface area contributed by atoms with Crippen LogP contribution >= 0.6 is 0 Å². The molecular weight excluding hydrogens is 270 g/mol. The molecule has 1 N–H and O–H groups in total. The minimum atomic E-state index is -0.0114. The maximum atomic E-state index is 5.72. The van der Waals surface area contributed by atoms with Crippen LogP contribution in [0.15, 0.2) is 6.07 Å². The second-order valence-electron chi connectivity index (χ2n) is 5.07. The van der Waals surface area contributed by atoms with Crippen LogP contribution in [0.25, 0.3) is 0 Å². The van der Waals surface area contributed by atoms with Crippen LogP contribution < -0.4 is 10.1 Å². The number of hydrogen-bond acceptors (Lipinski definition) is 6. The molecule has 0 radical (unpaired) electrons. The highest BCUT2D eigenvalue weighted by molar-refractivity contribution is 5.38. The standard InChI is InChI=1S/C15H25N3O3/c1-3-4-8-21-14-11-13(16-7-10-19-2)17-15(18-14)12-6-5-9-20-12/h11-12H,3-10H2,1-2H3,(H,16,17,18). The zero-order chi connectivity index (χ0) is 14.9. The van der Waals surface area contributed by atoms with Gasteiger partial charge in [-0.25, -0.2) is 4.98 Å². The first kappa shape index (κ1) is 16.0. The van der Waals surface area contributed by atoms with Gasteiger partial charge in [0.25, 0.3) is 0 Å². The van der Waals surface area contributed by atoms with Crippen LogP contribution in [0.2, 0.25) is 0 Å². The zero-order valence-corrected chi connectivity index (χ0v) is 12.9. The molecule has 1 unspecified atom stereocenters. The molecule has 1 aromatic rings. The summed E-state index contributed by atoms with van der Waals surface area (Å²) < 4.78 is 16.4. The van der Waals surface area contributed by atoms with E-state index in [1.807, 2.05) is 6.07 Å². The van der Waals surface area contributed by atoms with Gasteiger partial charge >= 0.3 is 0 Å². The molecular formula is C15H25N3O3. The molecule has 118 valence electrons. The van der Waals surface area contributed by atoms with Crippen molar-refractivity contribution >= 4 is 5.82 Å². The predicted molar refractivity (Wildman–Crippen MR) is 80.7 cm³/mol. The van der Waals surface area contributed by atoms with Crippen molar-refractivity contribution in [2.45, 2.75) is 38.7 Å². The van der Waals surface area contributed by atoms with Gasteiger partial charge in [0.2, 0.25) is 5.88 Å². The van der Waals surface area contributed by atoms with Crippen LogP contribution in [0.3, 0.4) is 0 Å². The van der Waals surface area contributed by atoms with Crippen molar-refractivity contribution in [2.75, 3.05) is 38.8 Å². The SMILES string of the molecule is CCCCOc1cc(NCCOC)nc(C2CCCO2)n1. The lowest BCUT2D eigenvalue weighted by atomic mass is 10.2. The highest BCUT2D eigenvalue weighted by Gasteiger charge is 2.22. The number of nitrogens with one attached hydrogen (secondary N) is 1. The van der Waals surface area contributed by atoms with E-state index < -0.39 is 0 Å². The van der Waals surface area contributed by atoms with E-state index in [2.05, 4.69) is 22.2 Å². The molecule has 0 aliphatic carbocycles. The van der Waals surface area contributed by atoms with Crippen molar-refractivity contribution in [3.05, 3.63) is 11.9 Å². The molecule has 0 spiro atoms. The molecule has 1 atom stereocenters. The van der Waals surface area contributed by atoms with E-state index in [0.29, 0.717) is 31.5 Å². The maximum absolute atomic E-state index is 5.72. The Balaban J connectivity index is 2.06. The number of methoxy groups -OCH3 is 1. The molecule has 0 aromatic carbocycles. The second kappa shape index (κ2) is 8.79. The van der Waals surface area contributed by atoms with E-state index >= 15 is 0 Å². The van der Waals surface area contributed by atoms with Gasteiger partial charge in [-0.3, -0.25) is 0 Å². The molecule has 0 bridgehead atoms. The summed E-state index contributed by atoms with van der Waals surface area (Å²) in [6.45, 7) is 4.93. The molecule has 21 heavy (non-hydrogen) atoms. The average Bonchev–Trinajstić information content (AvgIpc) is 3.02. The van der Waals surface area contributed by atoms with E-state index in [1.54, 1.807) is 7.11 Å². The number of unbranched alkanes of at least 4 members (excludes halogenated alkanes) is 1. The third-order valence-corrected chi connectivity index (χ3v) is 3.30. The van der Waals surface area contributed by atoms with Crippen LogP contribution in [-0.4, -0.2) is 43.4 Å². The first-order chi connectivity index (χ1) is 10.3. The number of aromatic nitrogens is 2. The number of anilines is 1. The Morgan fingerprint density at radius 3 is 3.00 bits per heavy atom. The van der Waals surface area contributed by atoms with Crippen LogP contribution in [0.1, 0.15) is 44.5 Å². The molecule has 2 heterocycles. The van der Waals surface area contributed by atoms with Crippen LogP contribution in [-0.2, 0) is 9.47 Å². The van der Waals surface area contributed by atoms with Gasteiger partial charge < -0.3 is 19.5 Å². The van der Waals surface area contributed by atoms with Gasteiger partial charge in [0.05, 0.1) is 13.2 Å². The molecule has 0 amide bonds. The molecule has 6 nitrogen and oxygen atoms in total. The summed E-state index contributed by atoms with van der Waals surface area (Å²) in [4.78, 5) is 9.02. The Kier molecular flexibility index (Phi) is 6.69. The van der Waals surface area contributed by atoms with E-state index in [1.165, 1.54) is 0 Å². The summed E-state index contributed by atoms with van der Waals surface area (Å²) in [6.07, 6.45) is 4.13. The summed E-state index contributed by atoms with van der Waals surface area (Å²) in [6, 6.07) is 1.84. The van der Waals surface area contributed by atoms with Gasteiger partial charge in [-0.15, -0.1) is 0 Å². The van der Waals surface area contributed by atoms with Crippen LogP contribution in [0.4, 0.5) is 5.82 Å². The normalized spacial score (nSPS) is 17.9. The molecule has 1 fully saturated rings. The number of rotatable bonds is 9. The maximum Gasteiger partial charge on any atom is 0.218 e. The van der Waals surface area contributed by atoms with Crippen molar-refractivity contribution < 1.29 is 14.2 Å². The fourth-order valence-corrected chi connectivity index (χ4v) is 2.13.